The van der Waals surface area contributed by atoms with Gasteiger partial charge < -0.3 is 20.7 Å². The van der Waals surface area contributed by atoms with E-state index in [2.05, 4.69) is 16.0 Å². The quantitative estimate of drug-likeness (QED) is 0.456. The lowest BCUT2D eigenvalue weighted by Gasteiger charge is -2.20. The standard InChI is InChI=1S/C15H28ClN3O4/c1-14(2,3)23-13(22)19-7-6-11(20)17-8-9-18-12(21)15(4,5)10-16/h6-10H2,1-5H3,(H,17,20)(H,18,21)(H,19,22). The average molecular weight is 350 g/mol. The smallest absolute Gasteiger partial charge is 0.407 e. The first kappa shape index (κ1) is 21.5. The van der Waals surface area contributed by atoms with Crippen LogP contribution in [0.2, 0.25) is 0 Å². The van der Waals surface area contributed by atoms with Crippen LogP contribution in [-0.4, -0.2) is 49.0 Å². The summed E-state index contributed by atoms with van der Waals surface area (Å²) in [6, 6.07) is 0. The number of halogens is 1. The summed E-state index contributed by atoms with van der Waals surface area (Å²) in [5, 5.41) is 7.85. The van der Waals surface area contributed by atoms with Gasteiger partial charge in [-0.1, -0.05) is 0 Å². The first-order chi connectivity index (χ1) is 10.5. The zero-order valence-corrected chi connectivity index (χ0v) is 15.3. The molecule has 0 unspecified atom stereocenters. The molecular weight excluding hydrogens is 322 g/mol. The zero-order chi connectivity index (χ0) is 18.1. The van der Waals surface area contributed by atoms with Crippen LogP contribution >= 0.6 is 11.6 Å². The lowest BCUT2D eigenvalue weighted by Crippen LogP contribution is -2.42. The summed E-state index contributed by atoms with van der Waals surface area (Å²) in [6.45, 7) is 9.61. The van der Waals surface area contributed by atoms with E-state index in [1.54, 1.807) is 34.6 Å². The average Bonchev–Trinajstić information content (AvgIpc) is 2.41. The van der Waals surface area contributed by atoms with E-state index in [0.29, 0.717) is 13.1 Å². The molecule has 0 saturated carbocycles. The Morgan fingerprint density at radius 1 is 0.913 bits per heavy atom. The monoisotopic (exact) mass is 349 g/mol. The van der Waals surface area contributed by atoms with Crippen molar-refractivity contribution in [2.24, 2.45) is 5.41 Å². The molecule has 0 saturated heterocycles. The number of rotatable bonds is 8. The van der Waals surface area contributed by atoms with Crippen LogP contribution in [-0.2, 0) is 14.3 Å². The summed E-state index contributed by atoms with van der Waals surface area (Å²) in [6.07, 6.45) is -0.416. The van der Waals surface area contributed by atoms with Gasteiger partial charge in [-0.3, -0.25) is 9.59 Å². The van der Waals surface area contributed by atoms with Crippen molar-refractivity contribution in [3.05, 3.63) is 0 Å². The van der Waals surface area contributed by atoms with Gasteiger partial charge in [0.2, 0.25) is 11.8 Å². The topological polar surface area (TPSA) is 96.5 Å². The molecule has 0 fully saturated rings. The Morgan fingerprint density at radius 3 is 2.00 bits per heavy atom. The number of carbonyl (C=O) groups excluding carboxylic acids is 3. The molecule has 0 aromatic carbocycles. The molecule has 7 nitrogen and oxygen atoms in total. The van der Waals surface area contributed by atoms with Gasteiger partial charge in [0, 0.05) is 31.9 Å². The predicted octanol–water partition coefficient (Wildman–Crippen LogP) is 1.40. The third-order valence-corrected chi connectivity index (χ3v) is 3.37. The van der Waals surface area contributed by atoms with Crippen molar-refractivity contribution in [2.75, 3.05) is 25.5 Å². The van der Waals surface area contributed by atoms with Crippen LogP contribution in [0.25, 0.3) is 0 Å². The van der Waals surface area contributed by atoms with Crippen molar-refractivity contribution in [1.29, 1.82) is 0 Å². The van der Waals surface area contributed by atoms with E-state index in [1.165, 1.54) is 0 Å². The van der Waals surface area contributed by atoms with Crippen LogP contribution in [0.1, 0.15) is 41.0 Å². The lowest BCUT2D eigenvalue weighted by molar-refractivity contribution is -0.128. The highest BCUT2D eigenvalue weighted by molar-refractivity contribution is 6.19. The van der Waals surface area contributed by atoms with Crippen LogP contribution in [0.15, 0.2) is 0 Å². The zero-order valence-electron chi connectivity index (χ0n) is 14.5. The number of alkyl carbamates (subject to hydrolysis) is 1. The fraction of sp³-hybridized carbons (Fsp3) is 0.800. The Balaban J connectivity index is 3.77. The first-order valence-corrected chi connectivity index (χ1v) is 8.09. The highest BCUT2D eigenvalue weighted by atomic mass is 35.5. The van der Waals surface area contributed by atoms with Gasteiger partial charge in [-0.15, -0.1) is 11.6 Å². The SMILES string of the molecule is CC(C)(C)OC(=O)NCCC(=O)NCCNC(=O)C(C)(C)CCl. The van der Waals surface area contributed by atoms with Crippen LogP contribution in [0.5, 0.6) is 0 Å². The van der Waals surface area contributed by atoms with E-state index < -0.39 is 17.1 Å². The molecule has 0 aliphatic carbocycles. The maximum atomic E-state index is 11.7. The van der Waals surface area contributed by atoms with E-state index in [9.17, 15) is 14.4 Å². The Bertz CT molecular complexity index is 419. The normalized spacial score (nSPS) is 11.6. The highest BCUT2D eigenvalue weighted by Crippen LogP contribution is 2.16. The van der Waals surface area contributed by atoms with Crippen molar-refractivity contribution in [2.45, 2.75) is 46.6 Å². The number of nitrogens with one attached hydrogen (secondary N) is 3. The molecule has 134 valence electrons. The van der Waals surface area contributed by atoms with Crippen LogP contribution in [0.3, 0.4) is 0 Å². The molecule has 8 heteroatoms. The largest absolute Gasteiger partial charge is 0.444 e. The molecule has 0 aliphatic heterocycles. The fourth-order valence-corrected chi connectivity index (χ4v) is 1.48. The number of hydrogen-bond donors (Lipinski definition) is 3. The van der Waals surface area contributed by atoms with Crippen LogP contribution in [0, 0.1) is 5.41 Å². The molecular formula is C15H28ClN3O4. The number of carbonyl (C=O) groups is 3. The number of ether oxygens (including phenoxy) is 1. The van der Waals surface area contributed by atoms with Crippen molar-refractivity contribution in [3.63, 3.8) is 0 Å². The summed E-state index contributed by atoms with van der Waals surface area (Å²) in [5.74, 6) is -0.151. The molecule has 0 radical (unpaired) electrons. The summed E-state index contributed by atoms with van der Waals surface area (Å²) in [4.78, 5) is 34.7. The highest BCUT2D eigenvalue weighted by Gasteiger charge is 2.25. The molecule has 0 rings (SSSR count). The van der Waals surface area contributed by atoms with E-state index in [4.69, 9.17) is 16.3 Å². The minimum Gasteiger partial charge on any atom is -0.444 e. The molecule has 0 aliphatic rings. The molecule has 0 heterocycles. The van der Waals surface area contributed by atoms with E-state index in [-0.39, 0.29) is 30.7 Å². The minimum atomic E-state index is -0.636. The number of amides is 3. The molecule has 3 amide bonds. The summed E-state index contributed by atoms with van der Waals surface area (Å²) in [5.41, 5.74) is -1.20. The third kappa shape index (κ3) is 10.8. The predicted molar refractivity (Wildman–Crippen MR) is 89.4 cm³/mol. The molecule has 23 heavy (non-hydrogen) atoms. The summed E-state index contributed by atoms with van der Waals surface area (Å²) < 4.78 is 5.05. The van der Waals surface area contributed by atoms with Gasteiger partial charge in [-0.05, 0) is 34.6 Å². The first-order valence-electron chi connectivity index (χ1n) is 7.56. The molecule has 0 spiro atoms. The van der Waals surface area contributed by atoms with Crippen molar-refractivity contribution in [3.8, 4) is 0 Å². The van der Waals surface area contributed by atoms with Gasteiger partial charge in [-0.2, -0.15) is 0 Å². The number of hydrogen-bond acceptors (Lipinski definition) is 4. The maximum absolute atomic E-state index is 11.7. The molecule has 0 bridgehead atoms. The van der Waals surface area contributed by atoms with Crippen molar-refractivity contribution < 1.29 is 19.1 Å². The third-order valence-electron chi connectivity index (χ3n) is 2.70. The lowest BCUT2D eigenvalue weighted by atomic mass is 9.95. The van der Waals surface area contributed by atoms with E-state index in [0.717, 1.165) is 0 Å². The van der Waals surface area contributed by atoms with Gasteiger partial charge in [-0.25, -0.2) is 4.79 Å². The molecule has 0 atom stereocenters. The second kappa shape index (κ2) is 9.60. The summed E-state index contributed by atoms with van der Waals surface area (Å²) >= 11 is 5.70. The Kier molecular flexibility index (Phi) is 8.97. The number of alkyl halides is 1. The minimum absolute atomic E-state index is 0.139. The van der Waals surface area contributed by atoms with Gasteiger partial charge in [0.05, 0.1) is 5.41 Å². The molecule has 3 N–H and O–H groups in total. The van der Waals surface area contributed by atoms with E-state index >= 15 is 0 Å². The Labute approximate surface area is 142 Å². The van der Waals surface area contributed by atoms with Gasteiger partial charge in [0.1, 0.15) is 5.60 Å². The summed E-state index contributed by atoms with van der Waals surface area (Å²) in [7, 11) is 0. The van der Waals surface area contributed by atoms with Gasteiger partial charge in [0.25, 0.3) is 0 Å². The van der Waals surface area contributed by atoms with Crippen molar-refractivity contribution >= 4 is 29.5 Å². The Morgan fingerprint density at radius 2 is 1.48 bits per heavy atom. The molecule has 0 aromatic rings. The molecule has 0 aromatic heterocycles. The van der Waals surface area contributed by atoms with Gasteiger partial charge >= 0.3 is 6.09 Å². The Hall–Kier alpha value is -1.50. The second-order valence-electron chi connectivity index (χ2n) is 6.80. The van der Waals surface area contributed by atoms with Crippen LogP contribution < -0.4 is 16.0 Å². The fourth-order valence-electron chi connectivity index (χ4n) is 1.36. The van der Waals surface area contributed by atoms with Gasteiger partial charge in [0.15, 0.2) is 0 Å². The second-order valence-corrected chi connectivity index (χ2v) is 7.07. The maximum Gasteiger partial charge on any atom is 0.407 e. The van der Waals surface area contributed by atoms with E-state index in [1.807, 2.05) is 0 Å². The van der Waals surface area contributed by atoms with Crippen molar-refractivity contribution in [1.82, 2.24) is 16.0 Å². The van der Waals surface area contributed by atoms with Crippen LogP contribution in [0.4, 0.5) is 4.79 Å².